The molecule has 0 bridgehead atoms. The van der Waals surface area contributed by atoms with Crippen LogP contribution >= 0.6 is 15.9 Å². The third-order valence-electron chi connectivity index (χ3n) is 5.90. The van der Waals surface area contributed by atoms with E-state index in [0.29, 0.717) is 30.4 Å². The number of fused-ring (bicyclic) bond motifs is 1. The summed E-state index contributed by atoms with van der Waals surface area (Å²) in [7, 11) is -3.62. The Morgan fingerprint density at radius 3 is 2.29 bits per heavy atom. The Bertz CT molecular complexity index is 1240. The van der Waals surface area contributed by atoms with Crippen LogP contribution in [-0.2, 0) is 26.2 Å². The average molecular weight is 611 g/mol. The lowest BCUT2D eigenvalue weighted by Crippen LogP contribution is -2.52. The number of amides is 2. The minimum atomic E-state index is -3.62. The molecule has 38 heavy (non-hydrogen) atoms. The number of carbonyl (C=O) groups is 2. The van der Waals surface area contributed by atoms with Gasteiger partial charge in [0.1, 0.15) is 19.3 Å². The van der Waals surface area contributed by atoms with E-state index < -0.39 is 21.6 Å². The number of rotatable bonds is 10. The highest BCUT2D eigenvalue weighted by atomic mass is 79.9. The maximum absolute atomic E-state index is 13.4. The van der Waals surface area contributed by atoms with E-state index in [1.54, 1.807) is 30.0 Å². The smallest absolute Gasteiger partial charge is 0.242 e. The Hall–Kier alpha value is -2.79. The first-order valence-corrected chi connectivity index (χ1v) is 15.1. The first kappa shape index (κ1) is 29.8. The number of anilines is 1. The van der Waals surface area contributed by atoms with Crippen LogP contribution in [0.25, 0.3) is 0 Å². The minimum Gasteiger partial charge on any atom is -0.486 e. The van der Waals surface area contributed by atoms with E-state index in [-0.39, 0.29) is 37.7 Å². The Balaban J connectivity index is 1.74. The van der Waals surface area contributed by atoms with Crippen LogP contribution in [0.1, 0.15) is 46.1 Å². The van der Waals surface area contributed by atoms with Crippen LogP contribution in [0.15, 0.2) is 46.9 Å². The molecular formula is C27H36BrN3O6S. The molecule has 1 heterocycles. The number of nitrogens with zero attached hydrogens (tertiary/aromatic N) is 2. The highest BCUT2D eigenvalue weighted by Crippen LogP contribution is 2.34. The van der Waals surface area contributed by atoms with Crippen molar-refractivity contribution in [3.63, 3.8) is 0 Å². The summed E-state index contributed by atoms with van der Waals surface area (Å²) in [5.41, 5.74) is 0.872. The van der Waals surface area contributed by atoms with E-state index in [2.05, 4.69) is 21.2 Å². The summed E-state index contributed by atoms with van der Waals surface area (Å²) in [6.45, 7) is 8.53. The van der Waals surface area contributed by atoms with E-state index in [1.165, 1.54) is 4.31 Å². The van der Waals surface area contributed by atoms with Gasteiger partial charge < -0.3 is 19.7 Å². The number of benzene rings is 2. The molecule has 2 aromatic carbocycles. The van der Waals surface area contributed by atoms with Gasteiger partial charge in [0, 0.05) is 35.6 Å². The number of sulfonamides is 1. The molecule has 0 spiro atoms. The number of carbonyl (C=O) groups excluding carboxylic acids is 2. The van der Waals surface area contributed by atoms with E-state index in [1.807, 2.05) is 45.0 Å². The molecule has 0 radical (unpaired) electrons. The number of halogens is 1. The molecule has 0 saturated heterocycles. The summed E-state index contributed by atoms with van der Waals surface area (Å²) < 4.78 is 38.5. The number of hydrogen-bond donors (Lipinski definition) is 1. The summed E-state index contributed by atoms with van der Waals surface area (Å²) in [6, 6.07) is 11.8. The van der Waals surface area contributed by atoms with Crippen LogP contribution in [0.3, 0.4) is 0 Å². The lowest BCUT2D eigenvalue weighted by molar-refractivity contribution is -0.141. The van der Waals surface area contributed by atoms with Crippen LogP contribution < -0.4 is 19.1 Å². The zero-order valence-corrected chi connectivity index (χ0v) is 24.9. The van der Waals surface area contributed by atoms with Crippen molar-refractivity contribution in [2.24, 2.45) is 0 Å². The van der Waals surface area contributed by atoms with E-state index in [9.17, 15) is 18.0 Å². The Labute approximate surface area is 233 Å². The van der Waals surface area contributed by atoms with Crippen molar-refractivity contribution in [2.75, 3.05) is 30.3 Å². The number of hydrogen-bond acceptors (Lipinski definition) is 6. The second-order valence-corrected chi connectivity index (χ2v) is 13.2. The Morgan fingerprint density at radius 1 is 1.05 bits per heavy atom. The van der Waals surface area contributed by atoms with Crippen LogP contribution in [0.4, 0.5) is 5.69 Å². The van der Waals surface area contributed by atoms with Gasteiger partial charge in [-0.1, -0.05) is 28.1 Å². The summed E-state index contributed by atoms with van der Waals surface area (Å²) in [4.78, 5) is 27.9. The molecule has 1 atom stereocenters. The van der Waals surface area contributed by atoms with Gasteiger partial charge in [0.15, 0.2) is 11.5 Å². The van der Waals surface area contributed by atoms with Gasteiger partial charge in [0.25, 0.3) is 0 Å². The van der Waals surface area contributed by atoms with Gasteiger partial charge in [-0.3, -0.25) is 13.9 Å². The molecule has 1 unspecified atom stereocenters. The van der Waals surface area contributed by atoms with Gasteiger partial charge in [-0.05, 0) is 63.9 Å². The van der Waals surface area contributed by atoms with Crippen molar-refractivity contribution in [3.05, 3.63) is 52.5 Å². The van der Waals surface area contributed by atoms with Crippen molar-refractivity contribution < 1.29 is 27.5 Å². The quantitative estimate of drug-likeness (QED) is 0.435. The van der Waals surface area contributed by atoms with Gasteiger partial charge in [-0.15, -0.1) is 0 Å². The first-order valence-electron chi connectivity index (χ1n) is 12.5. The molecule has 2 aromatic rings. The van der Waals surface area contributed by atoms with Gasteiger partial charge >= 0.3 is 0 Å². The fourth-order valence-corrected chi connectivity index (χ4v) is 5.26. The average Bonchev–Trinajstić information content (AvgIpc) is 2.83. The third kappa shape index (κ3) is 8.36. The number of nitrogens with one attached hydrogen (secondary N) is 1. The highest BCUT2D eigenvalue weighted by molar-refractivity contribution is 9.10. The topological polar surface area (TPSA) is 105 Å². The largest absolute Gasteiger partial charge is 0.486 e. The van der Waals surface area contributed by atoms with Crippen molar-refractivity contribution in [3.8, 4) is 11.5 Å². The number of ether oxygens (including phenoxy) is 2. The predicted molar refractivity (Wildman–Crippen MR) is 151 cm³/mol. The van der Waals surface area contributed by atoms with Crippen molar-refractivity contribution >= 4 is 43.5 Å². The van der Waals surface area contributed by atoms with E-state index in [4.69, 9.17) is 9.47 Å². The molecular weight excluding hydrogens is 574 g/mol. The van der Waals surface area contributed by atoms with E-state index >= 15 is 0 Å². The van der Waals surface area contributed by atoms with Gasteiger partial charge in [0.2, 0.25) is 21.8 Å². The molecule has 0 aliphatic carbocycles. The molecule has 0 saturated carbocycles. The SMILES string of the molecule is CC(C(=O)NC(C)(C)C)N(Cc1ccc(Br)cc1)C(=O)CCCN(c1ccc2c(c1)OCCO2)S(C)(=O)=O. The summed E-state index contributed by atoms with van der Waals surface area (Å²) in [6.07, 6.45) is 1.47. The van der Waals surface area contributed by atoms with E-state index in [0.717, 1.165) is 16.3 Å². The Morgan fingerprint density at radius 2 is 1.68 bits per heavy atom. The zero-order valence-electron chi connectivity index (χ0n) is 22.5. The normalized spacial score (nSPS) is 13.9. The second-order valence-electron chi connectivity index (χ2n) is 10.3. The van der Waals surface area contributed by atoms with Crippen LogP contribution in [0.5, 0.6) is 11.5 Å². The molecule has 0 fully saturated rings. The third-order valence-corrected chi connectivity index (χ3v) is 7.62. The molecule has 208 valence electrons. The fraction of sp³-hybridized carbons (Fsp3) is 0.481. The van der Waals surface area contributed by atoms with Gasteiger partial charge in [0.05, 0.1) is 11.9 Å². The monoisotopic (exact) mass is 609 g/mol. The lowest BCUT2D eigenvalue weighted by Gasteiger charge is -2.32. The molecule has 1 aliphatic rings. The minimum absolute atomic E-state index is 0.0697. The predicted octanol–water partition coefficient (Wildman–Crippen LogP) is 4.10. The summed E-state index contributed by atoms with van der Waals surface area (Å²) >= 11 is 3.42. The van der Waals surface area contributed by atoms with Gasteiger partial charge in [-0.25, -0.2) is 8.42 Å². The fourth-order valence-electron chi connectivity index (χ4n) is 4.03. The maximum atomic E-state index is 13.4. The second kappa shape index (κ2) is 12.4. The lowest BCUT2D eigenvalue weighted by atomic mass is 10.1. The molecule has 3 rings (SSSR count). The van der Waals surface area contributed by atoms with Gasteiger partial charge in [-0.2, -0.15) is 0 Å². The van der Waals surface area contributed by atoms with Crippen molar-refractivity contribution in [1.82, 2.24) is 10.2 Å². The highest BCUT2D eigenvalue weighted by Gasteiger charge is 2.29. The van der Waals surface area contributed by atoms with Crippen LogP contribution in [0, 0.1) is 0 Å². The standard InChI is InChI=1S/C27H36BrN3O6S/c1-19(26(33)29-27(2,3)4)30(18-20-8-10-21(28)11-9-20)25(32)7-6-14-31(38(5,34)35)22-12-13-23-24(17-22)37-16-15-36-23/h8-13,17,19H,6-7,14-16,18H2,1-5H3,(H,29,33). The first-order chi connectivity index (χ1) is 17.7. The molecule has 1 N–H and O–H groups in total. The zero-order chi connectivity index (χ0) is 28.1. The molecule has 2 amide bonds. The van der Waals surface area contributed by atoms with Crippen molar-refractivity contribution in [1.29, 1.82) is 0 Å². The molecule has 9 nitrogen and oxygen atoms in total. The Kier molecular flexibility index (Phi) is 9.69. The summed E-state index contributed by atoms with van der Waals surface area (Å²) in [5.74, 6) is 0.560. The molecule has 0 aromatic heterocycles. The molecule has 11 heteroatoms. The van der Waals surface area contributed by atoms with Crippen LogP contribution in [-0.4, -0.2) is 62.7 Å². The van der Waals surface area contributed by atoms with Crippen molar-refractivity contribution in [2.45, 2.75) is 58.7 Å². The van der Waals surface area contributed by atoms with Crippen LogP contribution in [0.2, 0.25) is 0 Å². The maximum Gasteiger partial charge on any atom is 0.242 e. The molecule has 1 aliphatic heterocycles. The summed E-state index contributed by atoms with van der Waals surface area (Å²) in [5, 5.41) is 2.94.